The summed E-state index contributed by atoms with van der Waals surface area (Å²) in [6.07, 6.45) is 5.12. The summed E-state index contributed by atoms with van der Waals surface area (Å²) < 4.78 is 8.76. The van der Waals surface area contributed by atoms with Crippen molar-refractivity contribution in [2.75, 3.05) is 13.7 Å². The number of aryl methyl sites for hydroxylation is 1. The number of thiophene rings is 1. The number of benzene rings is 2. The molecule has 0 radical (unpaired) electrons. The van der Waals surface area contributed by atoms with Crippen LogP contribution in [0, 0.1) is 5.92 Å². The molecule has 2 aromatic heterocycles. The van der Waals surface area contributed by atoms with Crippen molar-refractivity contribution in [2.45, 2.75) is 50.6 Å². The third kappa shape index (κ3) is 3.49. The Morgan fingerprint density at radius 1 is 1.12 bits per heavy atom. The molecule has 1 aliphatic carbocycles. The quantitative estimate of drug-likeness (QED) is 0.405. The molecule has 176 valence electrons. The minimum Gasteiger partial charge on any atom is -0.496 e. The maximum Gasteiger partial charge on any atom is 0.328 e. The molecule has 2 aliphatic rings. The first kappa shape index (κ1) is 21.6. The van der Waals surface area contributed by atoms with Crippen molar-refractivity contribution in [1.29, 1.82) is 0 Å². The Bertz CT molecular complexity index is 1470. The van der Waals surface area contributed by atoms with Crippen LogP contribution >= 0.6 is 11.3 Å². The van der Waals surface area contributed by atoms with E-state index in [9.17, 15) is 9.59 Å². The summed E-state index contributed by atoms with van der Waals surface area (Å²) in [4.78, 5) is 28.8. The Morgan fingerprint density at radius 2 is 2.00 bits per heavy atom. The molecule has 1 saturated heterocycles. The smallest absolute Gasteiger partial charge is 0.328 e. The van der Waals surface area contributed by atoms with Crippen LogP contribution in [0.3, 0.4) is 0 Å². The highest BCUT2D eigenvalue weighted by Gasteiger charge is 2.41. The van der Waals surface area contributed by atoms with Gasteiger partial charge < -0.3 is 15.0 Å². The zero-order valence-electron chi connectivity index (χ0n) is 19.3. The number of nitrogens with zero attached hydrogens (tertiary/aromatic N) is 1. The molecular weight excluding hydrogens is 446 g/mol. The molecule has 6 rings (SSSR count). The highest BCUT2D eigenvalue weighted by atomic mass is 32.1. The average molecular weight is 476 g/mol. The van der Waals surface area contributed by atoms with Crippen molar-refractivity contribution in [1.82, 2.24) is 14.9 Å². The second-order valence-electron chi connectivity index (χ2n) is 9.56. The van der Waals surface area contributed by atoms with Gasteiger partial charge in [-0.2, -0.15) is 0 Å². The maximum absolute atomic E-state index is 13.1. The van der Waals surface area contributed by atoms with Crippen molar-refractivity contribution in [3.05, 3.63) is 74.4 Å². The number of hydrogen-bond donors (Lipinski definition) is 2. The van der Waals surface area contributed by atoms with Gasteiger partial charge in [0.25, 0.3) is 5.56 Å². The molecule has 3 heterocycles. The van der Waals surface area contributed by atoms with Gasteiger partial charge in [0.1, 0.15) is 10.4 Å². The van der Waals surface area contributed by atoms with Gasteiger partial charge in [0.2, 0.25) is 0 Å². The fourth-order valence-corrected chi connectivity index (χ4v) is 7.24. The molecule has 1 aliphatic heterocycles. The molecule has 0 bridgehead atoms. The summed E-state index contributed by atoms with van der Waals surface area (Å²) in [6.45, 7) is 1.49. The molecule has 7 heteroatoms. The lowest BCUT2D eigenvalue weighted by Gasteiger charge is -2.32. The average Bonchev–Trinajstić information content (AvgIpc) is 3.44. The Hall–Kier alpha value is -2.90. The highest BCUT2D eigenvalue weighted by Crippen LogP contribution is 2.46. The first-order valence-corrected chi connectivity index (χ1v) is 13.0. The van der Waals surface area contributed by atoms with E-state index in [-0.39, 0.29) is 11.2 Å². The second kappa shape index (κ2) is 8.71. The van der Waals surface area contributed by atoms with Gasteiger partial charge in [-0.15, -0.1) is 11.3 Å². The van der Waals surface area contributed by atoms with Crippen LogP contribution in [-0.4, -0.2) is 29.2 Å². The second-order valence-corrected chi connectivity index (χ2v) is 10.6. The van der Waals surface area contributed by atoms with Crippen molar-refractivity contribution in [3.8, 4) is 5.75 Å². The van der Waals surface area contributed by atoms with Crippen LogP contribution in [0.15, 0.2) is 52.1 Å². The monoisotopic (exact) mass is 475 g/mol. The number of aromatic nitrogens is 2. The fourth-order valence-electron chi connectivity index (χ4n) is 6.14. The standard InChI is InChI=1S/C27H29N3O3S/c1-33-20-10-6-7-16-12-13-17-15-28-19(22(17)23(16)20)9-4-5-14-30-26(31)25-24(29-27(30)32)18-8-2-3-11-21(18)34-25/h2-3,6-8,10-11,17,19,22,28H,4-5,9,12-15H2,1H3,(H,29,32)/t17-,19?,22-/m0/s1. The van der Waals surface area contributed by atoms with Gasteiger partial charge in [-0.3, -0.25) is 9.36 Å². The summed E-state index contributed by atoms with van der Waals surface area (Å²) in [5.41, 5.74) is 2.98. The van der Waals surface area contributed by atoms with E-state index in [1.807, 2.05) is 24.3 Å². The molecular formula is C27H29N3O3S. The number of rotatable bonds is 6. The Labute approximate surface area is 201 Å². The van der Waals surface area contributed by atoms with E-state index in [1.54, 1.807) is 7.11 Å². The number of nitrogens with one attached hydrogen (secondary N) is 2. The fraction of sp³-hybridized carbons (Fsp3) is 0.407. The van der Waals surface area contributed by atoms with Crippen molar-refractivity contribution in [2.24, 2.45) is 5.92 Å². The number of ether oxygens (including phenoxy) is 1. The van der Waals surface area contributed by atoms with Gasteiger partial charge in [0.15, 0.2) is 0 Å². The molecule has 1 unspecified atom stereocenters. The molecule has 1 fully saturated rings. The van der Waals surface area contributed by atoms with Gasteiger partial charge in [0.05, 0.1) is 12.6 Å². The van der Waals surface area contributed by atoms with Crippen LogP contribution in [0.5, 0.6) is 5.75 Å². The summed E-state index contributed by atoms with van der Waals surface area (Å²) in [6, 6.07) is 14.7. The van der Waals surface area contributed by atoms with Crippen LogP contribution < -0.4 is 21.3 Å². The lowest BCUT2D eigenvalue weighted by molar-refractivity contribution is 0.360. The summed E-state index contributed by atoms with van der Waals surface area (Å²) in [7, 11) is 1.76. The van der Waals surface area contributed by atoms with Gasteiger partial charge in [-0.25, -0.2) is 4.79 Å². The predicted molar refractivity (Wildman–Crippen MR) is 137 cm³/mol. The number of fused-ring (bicyclic) bond motifs is 6. The van der Waals surface area contributed by atoms with E-state index in [4.69, 9.17) is 4.74 Å². The zero-order chi connectivity index (χ0) is 23.2. The van der Waals surface area contributed by atoms with Crippen molar-refractivity contribution < 1.29 is 4.74 Å². The Morgan fingerprint density at radius 3 is 2.88 bits per heavy atom. The molecule has 3 atom stereocenters. The first-order chi connectivity index (χ1) is 16.7. The molecule has 2 aromatic carbocycles. The largest absolute Gasteiger partial charge is 0.496 e. The van der Waals surface area contributed by atoms with Gasteiger partial charge in [-0.05, 0) is 55.8 Å². The third-order valence-corrected chi connectivity index (χ3v) is 8.90. The minimum atomic E-state index is -0.314. The molecule has 0 saturated carbocycles. The van der Waals surface area contributed by atoms with Crippen LogP contribution in [0.1, 0.15) is 42.7 Å². The number of hydrogen-bond acceptors (Lipinski definition) is 5. The number of aromatic amines is 1. The van der Waals surface area contributed by atoms with E-state index in [1.165, 1.54) is 33.5 Å². The molecule has 0 amide bonds. The number of H-pyrrole nitrogens is 1. The molecule has 34 heavy (non-hydrogen) atoms. The molecule has 0 spiro atoms. The SMILES string of the molecule is COc1cccc2c1[C@@H]1C(CCCCn3c(=O)[nH]c4c(sc5ccccc54)c3=O)NC[C@@H]1CC2. The maximum atomic E-state index is 13.1. The van der Waals surface area contributed by atoms with Gasteiger partial charge in [0, 0.05) is 34.2 Å². The van der Waals surface area contributed by atoms with Crippen LogP contribution in [0.4, 0.5) is 0 Å². The minimum absolute atomic E-state index is 0.176. The Balaban J connectivity index is 1.18. The first-order valence-electron chi connectivity index (χ1n) is 12.2. The number of methoxy groups -OCH3 is 1. The van der Waals surface area contributed by atoms with E-state index in [2.05, 4.69) is 28.5 Å². The highest BCUT2D eigenvalue weighted by molar-refractivity contribution is 7.25. The van der Waals surface area contributed by atoms with Crippen LogP contribution in [0.2, 0.25) is 0 Å². The van der Waals surface area contributed by atoms with Gasteiger partial charge in [-0.1, -0.05) is 36.8 Å². The summed E-state index contributed by atoms with van der Waals surface area (Å²) in [5.74, 6) is 2.13. The lowest BCUT2D eigenvalue weighted by atomic mass is 9.73. The summed E-state index contributed by atoms with van der Waals surface area (Å²) >= 11 is 1.45. The molecule has 4 aromatic rings. The molecule has 6 nitrogen and oxygen atoms in total. The van der Waals surface area contributed by atoms with Crippen molar-refractivity contribution >= 4 is 31.6 Å². The van der Waals surface area contributed by atoms with E-state index in [0.717, 1.165) is 48.1 Å². The normalized spacial score (nSPS) is 21.6. The molecule has 2 N–H and O–H groups in total. The lowest BCUT2D eigenvalue weighted by Crippen LogP contribution is -2.34. The Kier molecular flexibility index (Phi) is 5.54. The summed E-state index contributed by atoms with van der Waals surface area (Å²) in [5, 5.41) is 4.70. The third-order valence-electron chi connectivity index (χ3n) is 7.74. The predicted octanol–water partition coefficient (Wildman–Crippen LogP) is 4.40. The van der Waals surface area contributed by atoms with E-state index in [0.29, 0.717) is 34.6 Å². The van der Waals surface area contributed by atoms with Gasteiger partial charge >= 0.3 is 5.69 Å². The van der Waals surface area contributed by atoms with Crippen molar-refractivity contribution in [3.63, 3.8) is 0 Å². The van der Waals surface area contributed by atoms with E-state index < -0.39 is 0 Å². The zero-order valence-corrected chi connectivity index (χ0v) is 20.1. The van der Waals surface area contributed by atoms with E-state index >= 15 is 0 Å². The number of unbranched alkanes of at least 4 members (excludes halogenated alkanes) is 1. The topological polar surface area (TPSA) is 76.1 Å². The van der Waals surface area contributed by atoms with Crippen LogP contribution in [0.25, 0.3) is 20.3 Å². The van der Waals surface area contributed by atoms with Crippen LogP contribution in [-0.2, 0) is 13.0 Å².